The summed E-state index contributed by atoms with van der Waals surface area (Å²) in [4.78, 5) is 4.60. The molecule has 3 rings (SSSR count). The Labute approximate surface area is 127 Å². The van der Waals surface area contributed by atoms with Crippen molar-refractivity contribution >= 4 is 10.9 Å². The summed E-state index contributed by atoms with van der Waals surface area (Å²) in [5.74, 6) is 0.692. The van der Waals surface area contributed by atoms with Gasteiger partial charge >= 0.3 is 0 Å². The van der Waals surface area contributed by atoms with Gasteiger partial charge in [-0.2, -0.15) is 0 Å². The first-order valence-corrected chi connectivity index (χ1v) is 8.22. The highest BCUT2D eigenvalue weighted by Crippen LogP contribution is 2.51. The zero-order valence-corrected chi connectivity index (χ0v) is 13.2. The molecule has 2 N–H and O–H groups in total. The molecule has 0 saturated heterocycles. The van der Waals surface area contributed by atoms with Crippen molar-refractivity contribution in [3.63, 3.8) is 0 Å². The van der Waals surface area contributed by atoms with Crippen LogP contribution in [0.25, 0.3) is 10.9 Å². The molecular formula is C19H26N2. The van der Waals surface area contributed by atoms with Crippen molar-refractivity contribution in [2.45, 2.75) is 52.0 Å². The van der Waals surface area contributed by atoms with Crippen LogP contribution in [0, 0.1) is 11.3 Å². The molecule has 1 fully saturated rings. The van der Waals surface area contributed by atoms with Gasteiger partial charge < -0.3 is 5.73 Å². The lowest BCUT2D eigenvalue weighted by atomic mass is 9.70. The Kier molecular flexibility index (Phi) is 3.99. The van der Waals surface area contributed by atoms with E-state index in [2.05, 4.69) is 43.1 Å². The van der Waals surface area contributed by atoms with E-state index in [-0.39, 0.29) is 11.5 Å². The second-order valence-corrected chi connectivity index (χ2v) is 7.07. The fraction of sp³-hybridized carbons (Fsp3) is 0.526. The fourth-order valence-electron chi connectivity index (χ4n) is 4.24. The summed E-state index contributed by atoms with van der Waals surface area (Å²) >= 11 is 0. The summed E-state index contributed by atoms with van der Waals surface area (Å²) in [5.41, 5.74) is 9.39. The van der Waals surface area contributed by atoms with Gasteiger partial charge in [-0.15, -0.1) is 0 Å². The number of pyridine rings is 1. The van der Waals surface area contributed by atoms with Crippen LogP contribution in [0.1, 0.15) is 57.6 Å². The van der Waals surface area contributed by atoms with Crippen LogP contribution in [-0.4, -0.2) is 4.98 Å². The SMILES string of the molecule is CC(C)CC1(C(N)c2cccc3cccnc23)CCCC1. The number of nitrogens with zero attached hydrogens (tertiary/aromatic N) is 1. The molecule has 1 saturated carbocycles. The van der Waals surface area contributed by atoms with Gasteiger partial charge in [-0.05, 0) is 42.2 Å². The average molecular weight is 282 g/mol. The molecule has 0 aliphatic heterocycles. The maximum Gasteiger partial charge on any atom is 0.0749 e. The molecule has 1 heterocycles. The third kappa shape index (κ3) is 2.69. The number of fused-ring (bicyclic) bond motifs is 1. The third-order valence-corrected chi connectivity index (χ3v) is 5.07. The zero-order chi connectivity index (χ0) is 14.9. The minimum absolute atomic E-state index is 0.0981. The molecule has 0 bridgehead atoms. The van der Waals surface area contributed by atoms with E-state index in [1.807, 2.05) is 12.3 Å². The molecule has 2 nitrogen and oxygen atoms in total. The molecule has 0 radical (unpaired) electrons. The monoisotopic (exact) mass is 282 g/mol. The van der Waals surface area contributed by atoms with E-state index in [0.29, 0.717) is 5.92 Å². The number of hydrogen-bond acceptors (Lipinski definition) is 2. The number of rotatable bonds is 4. The number of hydrogen-bond donors (Lipinski definition) is 1. The lowest BCUT2D eigenvalue weighted by Crippen LogP contribution is -2.33. The third-order valence-electron chi connectivity index (χ3n) is 5.07. The Hall–Kier alpha value is -1.41. The van der Waals surface area contributed by atoms with E-state index in [1.165, 1.54) is 43.1 Å². The largest absolute Gasteiger partial charge is 0.323 e. The summed E-state index contributed by atoms with van der Waals surface area (Å²) < 4.78 is 0. The molecule has 1 aliphatic carbocycles. The maximum atomic E-state index is 6.81. The van der Waals surface area contributed by atoms with Crippen LogP contribution >= 0.6 is 0 Å². The Balaban J connectivity index is 2.04. The maximum absolute atomic E-state index is 6.81. The normalized spacial score (nSPS) is 19.2. The van der Waals surface area contributed by atoms with Crippen LogP contribution in [0.2, 0.25) is 0 Å². The summed E-state index contributed by atoms with van der Waals surface area (Å²) in [6.45, 7) is 4.63. The first kappa shape index (κ1) is 14.5. The Morgan fingerprint density at radius 3 is 2.57 bits per heavy atom. The van der Waals surface area contributed by atoms with Crippen molar-refractivity contribution in [1.29, 1.82) is 0 Å². The second-order valence-electron chi connectivity index (χ2n) is 7.07. The standard InChI is InChI=1S/C19H26N2/c1-14(2)13-19(10-3-4-11-19)18(20)16-9-5-7-15-8-6-12-21-17(15)16/h5-9,12,14,18H,3-4,10-11,13,20H2,1-2H3. The predicted octanol–water partition coefficient (Wildman–Crippen LogP) is 4.84. The van der Waals surface area contributed by atoms with Gasteiger partial charge in [0.15, 0.2) is 0 Å². The van der Waals surface area contributed by atoms with Crippen LogP contribution < -0.4 is 5.73 Å². The molecule has 2 heteroatoms. The van der Waals surface area contributed by atoms with E-state index < -0.39 is 0 Å². The number of nitrogens with two attached hydrogens (primary N) is 1. The summed E-state index contributed by atoms with van der Waals surface area (Å²) in [5, 5.41) is 1.20. The van der Waals surface area contributed by atoms with Gasteiger partial charge in [0.2, 0.25) is 0 Å². The molecule has 1 aromatic carbocycles. The van der Waals surface area contributed by atoms with E-state index in [4.69, 9.17) is 5.73 Å². The van der Waals surface area contributed by atoms with Gasteiger partial charge in [-0.1, -0.05) is 51.0 Å². The second kappa shape index (κ2) is 5.76. The smallest absolute Gasteiger partial charge is 0.0749 e. The molecule has 1 unspecified atom stereocenters. The number of para-hydroxylation sites is 1. The van der Waals surface area contributed by atoms with Crippen LogP contribution in [0.3, 0.4) is 0 Å². The molecule has 1 aliphatic rings. The van der Waals surface area contributed by atoms with Gasteiger partial charge in [0.1, 0.15) is 0 Å². The van der Waals surface area contributed by atoms with E-state index in [9.17, 15) is 0 Å². The van der Waals surface area contributed by atoms with Crippen molar-refractivity contribution < 1.29 is 0 Å². The lowest BCUT2D eigenvalue weighted by Gasteiger charge is -2.37. The van der Waals surface area contributed by atoms with Gasteiger partial charge in [-0.25, -0.2) is 0 Å². The van der Waals surface area contributed by atoms with Crippen molar-refractivity contribution in [3.05, 3.63) is 42.1 Å². The highest BCUT2D eigenvalue weighted by atomic mass is 14.7. The van der Waals surface area contributed by atoms with E-state index in [1.54, 1.807) is 0 Å². The summed E-state index contributed by atoms with van der Waals surface area (Å²) in [6, 6.07) is 10.7. The summed E-state index contributed by atoms with van der Waals surface area (Å²) in [6.07, 6.45) is 8.25. The van der Waals surface area contributed by atoms with Crippen molar-refractivity contribution in [2.75, 3.05) is 0 Å². The lowest BCUT2D eigenvalue weighted by molar-refractivity contribution is 0.184. The number of benzene rings is 1. The molecule has 0 spiro atoms. The highest BCUT2D eigenvalue weighted by Gasteiger charge is 2.41. The number of aromatic nitrogens is 1. The van der Waals surface area contributed by atoms with Gasteiger partial charge in [0.05, 0.1) is 5.52 Å². The molecule has 0 amide bonds. The van der Waals surface area contributed by atoms with Crippen LogP contribution in [0.15, 0.2) is 36.5 Å². The quantitative estimate of drug-likeness (QED) is 0.871. The Morgan fingerprint density at radius 2 is 1.86 bits per heavy atom. The first-order chi connectivity index (χ1) is 10.1. The van der Waals surface area contributed by atoms with E-state index in [0.717, 1.165) is 5.52 Å². The van der Waals surface area contributed by atoms with Crippen molar-refractivity contribution in [2.24, 2.45) is 17.1 Å². The zero-order valence-electron chi connectivity index (χ0n) is 13.2. The van der Waals surface area contributed by atoms with Gasteiger partial charge in [0.25, 0.3) is 0 Å². The molecule has 1 aromatic heterocycles. The van der Waals surface area contributed by atoms with Crippen molar-refractivity contribution in [3.8, 4) is 0 Å². The Bertz CT molecular complexity index is 606. The topological polar surface area (TPSA) is 38.9 Å². The summed E-state index contributed by atoms with van der Waals surface area (Å²) in [7, 11) is 0. The van der Waals surface area contributed by atoms with E-state index >= 15 is 0 Å². The average Bonchev–Trinajstić information content (AvgIpc) is 2.95. The van der Waals surface area contributed by atoms with Crippen LogP contribution in [-0.2, 0) is 0 Å². The molecule has 1 atom stereocenters. The minimum Gasteiger partial charge on any atom is -0.323 e. The fourth-order valence-corrected chi connectivity index (χ4v) is 4.24. The van der Waals surface area contributed by atoms with Crippen molar-refractivity contribution in [1.82, 2.24) is 4.98 Å². The molecule has 112 valence electrons. The first-order valence-electron chi connectivity index (χ1n) is 8.22. The van der Waals surface area contributed by atoms with Crippen LogP contribution in [0.4, 0.5) is 0 Å². The Morgan fingerprint density at radius 1 is 1.14 bits per heavy atom. The highest BCUT2D eigenvalue weighted by molar-refractivity contribution is 5.82. The predicted molar refractivity (Wildman–Crippen MR) is 89.0 cm³/mol. The van der Waals surface area contributed by atoms with Gasteiger partial charge in [-0.3, -0.25) is 4.98 Å². The molecular weight excluding hydrogens is 256 g/mol. The minimum atomic E-state index is 0.0981. The van der Waals surface area contributed by atoms with Gasteiger partial charge in [0, 0.05) is 17.6 Å². The molecule has 2 aromatic rings. The van der Waals surface area contributed by atoms with Crippen LogP contribution in [0.5, 0.6) is 0 Å². The molecule has 21 heavy (non-hydrogen) atoms.